The minimum Gasteiger partial charge on any atom is -0.369 e. The third-order valence-electron chi connectivity index (χ3n) is 3.78. The second-order valence-electron chi connectivity index (χ2n) is 5.22. The van der Waals surface area contributed by atoms with E-state index >= 15 is 0 Å². The molecule has 1 aromatic heterocycles. The maximum absolute atomic E-state index is 9.27. The minimum absolute atomic E-state index is 0.620. The summed E-state index contributed by atoms with van der Waals surface area (Å²) in [7, 11) is 0. The van der Waals surface area contributed by atoms with Crippen LogP contribution in [0.3, 0.4) is 0 Å². The Morgan fingerprint density at radius 3 is 3.00 bits per heavy atom. The maximum atomic E-state index is 9.27. The molecule has 1 heterocycles. The summed E-state index contributed by atoms with van der Waals surface area (Å²) >= 11 is 0. The third kappa shape index (κ3) is 2.65. The minimum atomic E-state index is 0.620. The number of benzene rings is 1. The number of nitrogens with one attached hydrogen (secondary N) is 1. The summed E-state index contributed by atoms with van der Waals surface area (Å²) in [6.45, 7) is 0.879. The molecule has 0 amide bonds. The van der Waals surface area contributed by atoms with E-state index < -0.39 is 0 Å². The van der Waals surface area contributed by atoms with Gasteiger partial charge in [0, 0.05) is 11.9 Å². The van der Waals surface area contributed by atoms with Crippen LogP contribution < -0.4 is 5.32 Å². The Labute approximate surface area is 118 Å². The number of hydrogen-bond acceptors (Lipinski definition) is 3. The number of aromatic nitrogens is 1. The van der Waals surface area contributed by atoms with E-state index in [2.05, 4.69) is 28.5 Å². The fraction of sp³-hybridized carbons (Fsp3) is 0.294. The molecular formula is C17H17N3. The Hall–Kier alpha value is -2.34. The van der Waals surface area contributed by atoms with E-state index in [0.29, 0.717) is 17.3 Å². The molecule has 0 saturated heterocycles. The third-order valence-corrected chi connectivity index (χ3v) is 3.78. The lowest BCUT2D eigenvalue weighted by molar-refractivity contribution is 0.503. The largest absolute Gasteiger partial charge is 0.369 e. The average molecular weight is 263 g/mol. The molecule has 0 radical (unpaired) electrons. The van der Waals surface area contributed by atoms with Gasteiger partial charge >= 0.3 is 0 Å². The van der Waals surface area contributed by atoms with Gasteiger partial charge in [-0.15, -0.1) is 0 Å². The predicted molar refractivity (Wildman–Crippen MR) is 81.4 cm³/mol. The van der Waals surface area contributed by atoms with Crippen molar-refractivity contribution in [2.45, 2.75) is 19.3 Å². The van der Waals surface area contributed by atoms with Gasteiger partial charge in [-0.05, 0) is 37.3 Å². The molecule has 1 atom stereocenters. The fourth-order valence-corrected chi connectivity index (χ4v) is 2.62. The number of anilines is 1. The van der Waals surface area contributed by atoms with Gasteiger partial charge < -0.3 is 5.32 Å². The number of hydrogen-bond donors (Lipinski definition) is 1. The first-order valence-electron chi connectivity index (χ1n) is 7.05. The molecule has 0 saturated carbocycles. The van der Waals surface area contributed by atoms with E-state index in [-0.39, 0.29) is 0 Å². The zero-order valence-corrected chi connectivity index (χ0v) is 11.3. The van der Waals surface area contributed by atoms with Crippen LogP contribution in [0.1, 0.15) is 24.8 Å². The lowest BCUT2D eigenvalue weighted by atomic mass is 9.94. The second kappa shape index (κ2) is 5.75. The van der Waals surface area contributed by atoms with Crippen molar-refractivity contribution in [3.8, 4) is 6.07 Å². The Morgan fingerprint density at radius 2 is 2.20 bits per heavy atom. The first-order chi connectivity index (χ1) is 9.86. The first kappa shape index (κ1) is 12.7. The van der Waals surface area contributed by atoms with Crippen LogP contribution in [0, 0.1) is 17.2 Å². The molecule has 1 aromatic carbocycles. The molecule has 2 aromatic rings. The summed E-state index contributed by atoms with van der Waals surface area (Å²) in [5.41, 5.74) is 1.55. The van der Waals surface area contributed by atoms with E-state index in [1.807, 2.05) is 30.3 Å². The van der Waals surface area contributed by atoms with Crippen LogP contribution >= 0.6 is 0 Å². The van der Waals surface area contributed by atoms with Crippen LogP contribution in [-0.2, 0) is 0 Å². The molecule has 3 nitrogen and oxygen atoms in total. The molecular weight excluding hydrogens is 246 g/mol. The number of para-hydroxylation sites is 1. The highest BCUT2D eigenvalue weighted by molar-refractivity contribution is 5.82. The highest BCUT2D eigenvalue weighted by atomic mass is 15.0. The number of rotatable bonds is 3. The Bertz CT molecular complexity index is 682. The van der Waals surface area contributed by atoms with Gasteiger partial charge in [-0.3, -0.25) is 0 Å². The zero-order valence-electron chi connectivity index (χ0n) is 11.3. The molecule has 0 bridgehead atoms. The van der Waals surface area contributed by atoms with Gasteiger partial charge in [0.05, 0.1) is 11.1 Å². The number of allylic oxidation sites excluding steroid dienone is 2. The molecule has 3 heteroatoms. The summed E-state index contributed by atoms with van der Waals surface area (Å²) < 4.78 is 0. The van der Waals surface area contributed by atoms with Crippen LogP contribution in [0.15, 0.2) is 42.5 Å². The monoisotopic (exact) mass is 263 g/mol. The van der Waals surface area contributed by atoms with E-state index in [4.69, 9.17) is 0 Å². The topological polar surface area (TPSA) is 48.7 Å². The molecule has 1 aliphatic carbocycles. The second-order valence-corrected chi connectivity index (χ2v) is 5.22. The molecule has 0 fully saturated rings. The highest BCUT2D eigenvalue weighted by Gasteiger charge is 2.12. The smallest absolute Gasteiger partial charge is 0.144 e. The van der Waals surface area contributed by atoms with Crippen molar-refractivity contribution in [2.24, 2.45) is 5.92 Å². The van der Waals surface area contributed by atoms with Crippen molar-refractivity contribution in [3.63, 3.8) is 0 Å². The van der Waals surface area contributed by atoms with Gasteiger partial charge in [-0.2, -0.15) is 5.26 Å². The quantitative estimate of drug-likeness (QED) is 0.855. The van der Waals surface area contributed by atoms with Crippen LogP contribution in [-0.4, -0.2) is 11.5 Å². The lowest BCUT2D eigenvalue weighted by Crippen LogP contribution is -2.16. The van der Waals surface area contributed by atoms with E-state index in [1.54, 1.807) is 0 Å². The van der Waals surface area contributed by atoms with Gasteiger partial charge in [0.2, 0.25) is 0 Å². The number of nitriles is 1. The molecule has 0 aliphatic heterocycles. The number of pyridine rings is 1. The van der Waals surface area contributed by atoms with E-state index in [0.717, 1.165) is 30.3 Å². The molecule has 3 rings (SSSR count). The van der Waals surface area contributed by atoms with Crippen LogP contribution in [0.4, 0.5) is 5.82 Å². The molecule has 1 N–H and O–H groups in total. The standard InChI is InChI=1S/C17H17N3/c18-11-15-10-14-8-4-5-9-16(14)20-17(15)19-12-13-6-2-1-3-7-13/h1-2,4-5,8-10,13H,3,6-7,12H2,(H,19,20). The maximum Gasteiger partial charge on any atom is 0.144 e. The van der Waals surface area contributed by atoms with E-state index in [9.17, 15) is 5.26 Å². The van der Waals surface area contributed by atoms with Crippen molar-refractivity contribution >= 4 is 16.7 Å². The molecule has 0 spiro atoms. The van der Waals surface area contributed by atoms with Crippen LogP contribution in [0.2, 0.25) is 0 Å². The lowest BCUT2D eigenvalue weighted by Gasteiger charge is -2.19. The predicted octanol–water partition coefficient (Wildman–Crippen LogP) is 3.87. The number of fused-ring (bicyclic) bond motifs is 1. The molecule has 1 aliphatic rings. The van der Waals surface area contributed by atoms with Gasteiger partial charge in [0.1, 0.15) is 11.9 Å². The van der Waals surface area contributed by atoms with Crippen molar-refractivity contribution in [2.75, 3.05) is 11.9 Å². The van der Waals surface area contributed by atoms with Crippen LogP contribution in [0.5, 0.6) is 0 Å². The zero-order chi connectivity index (χ0) is 13.8. The average Bonchev–Trinajstić information content (AvgIpc) is 2.53. The van der Waals surface area contributed by atoms with Crippen molar-refractivity contribution in [1.29, 1.82) is 5.26 Å². The summed E-state index contributed by atoms with van der Waals surface area (Å²) in [6.07, 6.45) is 7.96. The van der Waals surface area contributed by atoms with Gasteiger partial charge in [0.25, 0.3) is 0 Å². The van der Waals surface area contributed by atoms with Crippen LogP contribution in [0.25, 0.3) is 10.9 Å². The molecule has 20 heavy (non-hydrogen) atoms. The molecule has 1 unspecified atom stereocenters. The van der Waals surface area contributed by atoms with Crippen molar-refractivity contribution in [3.05, 3.63) is 48.0 Å². The summed E-state index contributed by atoms with van der Waals surface area (Å²) in [5, 5.41) is 13.6. The fourth-order valence-electron chi connectivity index (χ4n) is 2.62. The van der Waals surface area contributed by atoms with Gasteiger partial charge in [-0.25, -0.2) is 4.98 Å². The summed E-state index contributed by atoms with van der Waals surface area (Å²) in [6, 6.07) is 12.0. The van der Waals surface area contributed by atoms with E-state index in [1.165, 1.54) is 6.42 Å². The Balaban J connectivity index is 1.82. The Morgan fingerprint density at radius 1 is 1.30 bits per heavy atom. The van der Waals surface area contributed by atoms with Gasteiger partial charge in [0.15, 0.2) is 0 Å². The van der Waals surface area contributed by atoms with Crippen molar-refractivity contribution in [1.82, 2.24) is 4.98 Å². The molecule has 100 valence electrons. The summed E-state index contributed by atoms with van der Waals surface area (Å²) in [4.78, 5) is 4.58. The normalized spacial score (nSPS) is 17.9. The summed E-state index contributed by atoms with van der Waals surface area (Å²) in [5.74, 6) is 1.35. The first-order valence-corrected chi connectivity index (χ1v) is 7.05. The number of nitrogens with zero attached hydrogens (tertiary/aromatic N) is 2. The highest BCUT2D eigenvalue weighted by Crippen LogP contribution is 2.22. The van der Waals surface area contributed by atoms with Gasteiger partial charge in [-0.1, -0.05) is 30.4 Å². The van der Waals surface area contributed by atoms with Crippen molar-refractivity contribution < 1.29 is 0 Å². The SMILES string of the molecule is N#Cc1cc2ccccc2nc1NCC1CC=CCC1. The Kier molecular flexibility index (Phi) is 3.64.